The molecule has 3 atom stereocenters. The molecule has 0 unspecified atom stereocenters. The minimum Gasteiger partial charge on any atom is -0.379 e. The Morgan fingerprint density at radius 3 is 3.00 bits per heavy atom. The van der Waals surface area contributed by atoms with E-state index in [4.69, 9.17) is 9.79 Å². The van der Waals surface area contributed by atoms with E-state index in [1.807, 2.05) is 19.2 Å². The van der Waals surface area contributed by atoms with Crippen LogP contribution in [0.3, 0.4) is 0 Å². The molecule has 0 aromatic rings. The minimum atomic E-state index is -4.49. The maximum absolute atomic E-state index is 14.1. The van der Waals surface area contributed by atoms with Crippen LogP contribution in [0.25, 0.3) is 0 Å². The van der Waals surface area contributed by atoms with Crippen LogP contribution in [0.1, 0.15) is 32.6 Å². The summed E-state index contributed by atoms with van der Waals surface area (Å²) in [6.07, 6.45) is 6.74. The van der Waals surface area contributed by atoms with Crippen molar-refractivity contribution >= 4 is 14.0 Å². The van der Waals surface area contributed by atoms with Gasteiger partial charge in [-0.05, 0) is 50.2 Å². The number of nitrogens with zero attached hydrogens (tertiary/aromatic N) is 1. The third-order valence-electron chi connectivity index (χ3n) is 3.94. The van der Waals surface area contributed by atoms with Crippen LogP contribution in [0.5, 0.6) is 0 Å². The molecule has 22 heavy (non-hydrogen) atoms. The Balaban J connectivity index is 1.94. The monoisotopic (exact) mass is 332 g/mol. The van der Waals surface area contributed by atoms with E-state index >= 15 is 0 Å². The van der Waals surface area contributed by atoms with Crippen LogP contribution in [0.4, 0.5) is 4.39 Å². The summed E-state index contributed by atoms with van der Waals surface area (Å²) in [6, 6.07) is -0.372. The molecule has 2 aliphatic rings. The average molecular weight is 332 g/mol. The summed E-state index contributed by atoms with van der Waals surface area (Å²) in [4.78, 5) is 21.5. The summed E-state index contributed by atoms with van der Waals surface area (Å²) >= 11 is 0. The normalized spacial score (nSPS) is 34.3. The third-order valence-corrected chi connectivity index (χ3v) is 4.43. The van der Waals surface area contributed by atoms with Gasteiger partial charge in [0, 0.05) is 18.1 Å². The van der Waals surface area contributed by atoms with Crippen LogP contribution in [-0.2, 0) is 9.09 Å². The molecule has 0 bridgehead atoms. The number of alkyl halides is 1. The van der Waals surface area contributed by atoms with E-state index < -0.39 is 14.0 Å². The van der Waals surface area contributed by atoms with Crippen molar-refractivity contribution in [1.29, 1.82) is 0 Å². The van der Waals surface area contributed by atoms with E-state index in [-0.39, 0.29) is 25.0 Å². The maximum atomic E-state index is 14.1. The number of hydrogen-bond acceptors (Lipinski definition) is 4. The minimum absolute atomic E-state index is 0.124. The predicted octanol–water partition coefficient (Wildman–Crippen LogP) is 2.45. The van der Waals surface area contributed by atoms with Gasteiger partial charge in [-0.2, -0.15) is 0 Å². The van der Waals surface area contributed by atoms with E-state index in [0.29, 0.717) is 6.42 Å². The van der Waals surface area contributed by atoms with E-state index in [2.05, 4.69) is 14.8 Å². The number of allylic oxidation sites excluding steroid dienone is 2. The number of phosphoric ester groups is 1. The predicted molar refractivity (Wildman–Crippen MR) is 82.1 cm³/mol. The zero-order valence-corrected chi connectivity index (χ0v) is 13.4. The van der Waals surface area contributed by atoms with Crippen LogP contribution in [0.15, 0.2) is 28.5 Å². The number of nitrogens with one attached hydrogen (secondary N) is 1. The van der Waals surface area contributed by atoms with Gasteiger partial charge in [0.15, 0.2) is 0 Å². The second-order valence-electron chi connectivity index (χ2n) is 5.77. The molecule has 124 valence electrons. The first-order valence-electron chi connectivity index (χ1n) is 7.34. The molecule has 0 amide bonds. The van der Waals surface area contributed by atoms with Gasteiger partial charge in [-0.15, -0.1) is 0 Å². The van der Waals surface area contributed by atoms with Crippen LogP contribution in [-0.4, -0.2) is 34.8 Å². The summed E-state index contributed by atoms with van der Waals surface area (Å²) in [5, 5.41) is 3.21. The molecule has 6 nitrogen and oxygen atoms in total. The SMILES string of the molecule is C/C1=C(N[C@@H]2C[C@H](COP(=O)(O)O)C[C@H]2F)\C=C/N=CCC1. The first-order valence-corrected chi connectivity index (χ1v) is 8.87. The second-order valence-corrected chi connectivity index (χ2v) is 7.01. The number of halogens is 1. The number of phosphoric acid groups is 1. The third kappa shape index (κ3) is 5.32. The van der Waals surface area contributed by atoms with Crippen molar-refractivity contribution in [3.63, 3.8) is 0 Å². The molecule has 1 heterocycles. The number of aliphatic imine (C=N–C) groups is 1. The van der Waals surface area contributed by atoms with Crippen molar-refractivity contribution in [2.45, 2.75) is 44.8 Å². The van der Waals surface area contributed by atoms with Crippen molar-refractivity contribution in [1.82, 2.24) is 5.32 Å². The van der Waals surface area contributed by atoms with Gasteiger partial charge in [0.05, 0.1) is 12.6 Å². The first-order chi connectivity index (χ1) is 10.3. The van der Waals surface area contributed by atoms with Gasteiger partial charge >= 0.3 is 7.82 Å². The van der Waals surface area contributed by atoms with Crippen LogP contribution in [0, 0.1) is 5.92 Å². The van der Waals surface area contributed by atoms with Gasteiger partial charge in [0.25, 0.3) is 0 Å². The van der Waals surface area contributed by atoms with Crippen LogP contribution in [0.2, 0.25) is 0 Å². The fraction of sp³-hybridized carbons (Fsp3) is 0.643. The fourth-order valence-electron chi connectivity index (χ4n) is 2.76. The Morgan fingerprint density at radius 1 is 1.50 bits per heavy atom. The summed E-state index contributed by atoms with van der Waals surface area (Å²) in [7, 11) is -4.49. The Kier molecular flexibility index (Phi) is 5.92. The summed E-state index contributed by atoms with van der Waals surface area (Å²) in [5.41, 5.74) is 2.02. The highest BCUT2D eigenvalue weighted by Gasteiger charge is 2.35. The Morgan fingerprint density at radius 2 is 2.27 bits per heavy atom. The van der Waals surface area contributed by atoms with Gasteiger partial charge in [-0.3, -0.25) is 9.52 Å². The maximum Gasteiger partial charge on any atom is 0.469 e. The molecule has 0 saturated heterocycles. The summed E-state index contributed by atoms with van der Waals surface area (Å²) in [5.74, 6) is -0.198. The van der Waals surface area contributed by atoms with Gasteiger partial charge < -0.3 is 15.1 Å². The molecule has 0 aromatic heterocycles. The first kappa shape index (κ1) is 17.3. The lowest BCUT2D eigenvalue weighted by molar-refractivity contribution is 0.165. The Labute approximate surface area is 129 Å². The zero-order valence-electron chi connectivity index (χ0n) is 12.5. The highest BCUT2D eigenvalue weighted by molar-refractivity contribution is 7.46. The molecular weight excluding hydrogens is 310 g/mol. The summed E-state index contributed by atoms with van der Waals surface area (Å²) < 4.78 is 29.3. The molecule has 0 spiro atoms. The van der Waals surface area contributed by atoms with E-state index in [0.717, 1.165) is 24.1 Å². The lowest BCUT2D eigenvalue weighted by Gasteiger charge is -2.20. The van der Waals surface area contributed by atoms with Crippen molar-refractivity contribution in [3.05, 3.63) is 23.5 Å². The Hall–Kier alpha value is -1.01. The lowest BCUT2D eigenvalue weighted by atomic mass is 10.1. The lowest BCUT2D eigenvalue weighted by Crippen LogP contribution is -2.33. The Bertz CT molecular complexity index is 529. The fourth-order valence-corrected chi connectivity index (χ4v) is 3.16. The van der Waals surface area contributed by atoms with Crippen molar-refractivity contribution in [3.8, 4) is 0 Å². The van der Waals surface area contributed by atoms with E-state index in [9.17, 15) is 8.96 Å². The number of rotatable bonds is 5. The highest BCUT2D eigenvalue weighted by atomic mass is 31.2. The van der Waals surface area contributed by atoms with Gasteiger partial charge in [-0.1, -0.05) is 0 Å². The van der Waals surface area contributed by atoms with E-state index in [1.165, 1.54) is 0 Å². The average Bonchev–Trinajstić information content (AvgIpc) is 2.76. The van der Waals surface area contributed by atoms with Gasteiger partial charge in [-0.25, -0.2) is 8.96 Å². The quantitative estimate of drug-likeness (QED) is 0.673. The molecular formula is C14H22FN2O4P. The van der Waals surface area contributed by atoms with Crippen molar-refractivity contribution in [2.24, 2.45) is 10.9 Å². The molecule has 1 saturated carbocycles. The van der Waals surface area contributed by atoms with Crippen LogP contribution >= 0.6 is 7.82 Å². The molecule has 2 rings (SSSR count). The molecule has 1 fully saturated rings. The van der Waals surface area contributed by atoms with E-state index in [1.54, 1.807) is 6.20 Å². The standard InChI is InChI=1S/C14H22FN2O4P/c1-10-3-2-5-16-6-4-13(10)17-14-8-11(7-12(14)15)9-21-22(18,19)20/h4-6,11-12,14,17H,2-3,7-9H2,1H3,(H2,18,19,20)/b6-4-,13-10-,16-5?/t11-,12-,14-/m1/s1. The van der Waals surface area contributed by atoms with Gasteiger partial charge in [0.2, 0.25) is 0 Å². The molecule has 0 radical (unpaired) electrons. The number of hydrogen-bond donors (Lipinski definition) is 3. The zero-order chi connectivity index (χ0) is 16.2. The smallest absolute Gasteiger partial charge is 0.379 e. The van der Waals surface area contributed by atoms with Gasteiger partial charge in [0.1, 0.15) is 6.17 Å². The highest BCUT2D eigenvalue weighted by Crippen LogP contribution is 2.39. The molecule has 8 heteroatoms. The molecule has 0 aromatic carbocycles. The summed E-state index contributed by atoms with van der Waals surface area (Å²) in [6.45, 7) is 1.88. The molecule has 3 N–H and O–H groups in total. The topological polar surface area (TPSA) is 91.2 Å². The molecule has 1 aliphatic carbocycles. The second kappa shape index (κ2) is 7.51. The largest absolute Gasteiger partial charge is 0.469 e. The van der Waals surface area contributed by atoms with Crippen molar-refractivity contribution < 1.29 is 23.3 Å². The van der Waals surface area contributed by atoms with Crippen molar-refractivity contribution in [2.75, 3.05) is 6.61 Å². The van der Waals surface area contributed by atoms with Crippen LogP contribution < -0.4 is 5.32 Å². The molecule has 1 aliphatic heterocycles.